The predicted molar refractivity (Wildman–Crippen MR) is 62.6 cm³/mol. The third kappa shape index (κ3) is 2.64. The number of anilines is 1. The van der Waals surface area contributed by atoms with E-state index in [9.17, 15) is 5.11 Å². The van der Waals surface area contributed by atoms with Gasteiger partial charge in [0.1, 0.15) is 5.82 Å². The summed E-state index contributed by atoms with van der Waals surface area (Å²) in [6.45, 7) is 0.779. The van der Waals surface area contributed by atoms with Gasteiger partial charge in [-0.15, -0.1) is 0 Å². The van der Waals surface area contributed by atoms with Crippen molar-refractivity contribution in [2.75, 3.05) is 19.0 Å². The molecule has 1 heterocycles. The Balaban J connectivity index is 1.88. The Hall–Kier alpha value is -1.29. The fourth-order valence-corrected chi connectivity index (χ4v) is 2.12. The molecule has 2 atom stereocenters. The van der Waals surface area contributed by atoms with Gasteiger partial charge in [-0.2, -0.15) is 4.98 Å². The molecule has 2 rings (SSSR count). The highest BCUT2D eigenvalue weighted by molar-refractivity contribution is 5.37. The molecule has 4 heteroatoms. The zero-order chi connectivity index (χ0) is 11.4. The van der Waals surface area contributed by atoms with Gasteiger partial charge in [-0.05, 0) is 18.9 Å². The molecule has 1 saturated carbocycles. The van der Waals surface area contributed by atoms with Crippen LogP contribution >= 0.6 is 0 Å². The maximum absolute atomic E-state index is 9.68. The summed E-state index contributed by atoms with van der Waals surface area (Å²) >= 11 is 0. The van der Waals surface area contributed by atoms with Gasteiger partial charge in [-0.3, -0.25) is 0 Å². The lowest BCUT2D eigenvalue weighted by atomic mass is 10.1. The zero-order valence-corrected chi connectivity index (χ0v) is 9.52. The fraction of sp³-hybridized carbons (Fsp3) is 0.583. The summed E-state index contributed by atoms with van der Waals surface area (Å²) in [6.07, 6.45) is 2.99. The Labute approximate surface area is 95.7 Å². The second kappa shape index (κ2) is 5.16. The van der Waals surface area contributed by atoms with Gasteiger partial charge in [0.15, 0.2) is 0 Å². The molecule has 16 heavy (non-hydrogen) atoms. The van der Waals surface area contributed by atoms with Gasteiger partial charge < -0.3 is 15.2 Å². The zero-order valence-electron chi connectivity index (χ0n) is 9.52. The summed E-state index contributed by atoms with van der Waals surface area (Å²) in [5.41, 5.74) is 0. The minimum atomic E-state index is -0.155. The standard InChI is InChI=1S/C12H18N2O2/c1-16-12-7-3-6-11(14-12)13-8-9-4-2-5-10(9)15/h3,6-7,9-10,15H,2,4-5,8H2,1H3,(H,13,14). The first-order valence-electron chi connectivity index (χ1n) is 5.72. The second-order valence-electron chi connectivity index (χ2n) is 4.20. The van der Waals surface area contributed by atoms with Crippen LogP contribution < -0.4 is 10.1 Å². The molecule has 1 aromatic rings. The highest BCUT2D eigenvalue weighted by Crippen LogP contribution is 2.25. The number of aliphatic hydroxyl groups excluding tert-OH is 1. The van der Waals surface area contributed by atoms with Crippen molar-refractivity contribution < 1.29 is 9.84 Å². The molecule has 0 bridgehead atoms. The number of nitrogens with zero attached hydrogens (tertiary/aromatic N) is 1. The van der Waals surface area contributed by atoms with Gasteiger partial charge >= 0.3 is 0 Å². The molecular formula is C12H18N2O2. The van der Waals surface area contributed by atoms with Gasteiger partial charge in [0, 0.05) is 18.5 Å². The number of methoxy groups -OCH3 is 1. The lowest BCUT2D eigenvalue weighted by molar-refractivity contribution is 0.138. The Morgan fingerprint density at radius 3 is 3.06 bits per heavy atom. The second-order valence-corrected chi connectivity index (χ2v) is 4.20. The summed E-state index contributed by atoms with van der Waals surface area (Å²) in [7, 11) is 1.60. The van der Waals surface area contributed by atoms with Crippen LogP contribution in [0, 0.1) is 5.92 Å². The SMILES string of the molecule is COc1cccc(NCC2CCCC2O)n1. The quantitative estimate of drug-likeness (QED) is 0.813. The van der Waals surface area contributed by atoms with E-state index in [0.717, 1.165) is 31.6 Å². The first-order chi connectivity index (χ1) is 7.79. The third-order valence-electron chi connectivity index (χ3n) is 3.10. The number of pyridine rings is 1. The van der Waals surface area contributed by atoms with E-state index in [0.29, 0.717) is 11.8 Å². The lowest BCUT2D eigenvalue weighted by Crippen LogP contribution is -2.22. The summed E-state index contributed by atoms with van der Waals surface area (Å²) in [5, 5.41) is 12.9. The molecule has 0 saturated heterocycles. The first-order valence-corrected chi connectivity index (χ1v) is 5.72. The predicted octanol–water partition coefficient (Wildman–Crippen LogP) is 1.66. The molecule has 1 aliphatic rings. The van der Waals surface area contributed by atoms with Crippen molar-refractivity contribution in [1.82, 2.24) is 4.98 Å². The number of hydrogen-bond acceptors (Lipinski definition) is 4. The maximum Gasteiger partial charge on any atom is 0.214 e. The summed E-state index contributed by atoms with van der Waals surface area (Å²) in [5.74, 6) is 1.77. The molecule has 0 aromatic carbocycles. The summed E-state index contributed by atoms with van der Waals surface area (Å²) in [6, 6.07) is 5.62. The molecule has 88 valence electrons. The van der Waals surface area contributed by atoms with Crippen molar-refractivity contribution in [3.8, 4) is 5.88 Å². The molecule has 0 amide bonds. The van der Waals surface area contributed by atoms with Crippen LogP contribution in [0.5, 0.6) is 5.88 Å². The van der Waals surface area contributed by atoms with E-state index in [4.69, 9.17) is 4.74 Å². The van der Waals surface area contributed by atoms with E-state index in [1.165, 1.54) is 0 Å². The van der Waals surface area contributed by atoms with Gasteiger partial charge in [-0.25, -0.2) is 0 Å². The largest absolute Gasteiger partial charge is 0.481 e. The van der Waals surface area contributed by atoms with Gasteiger partial charge in [-0.1, -0.05) is 12.5 Å². The van der Waals surface area contributed by atoms with Gasteiger partial charge in [0.25, 0.3) is 0 Å². The smallest absolute Gasteiger partial charge is 0.214 e. The van der Waals surface area contributed by atoms with E-state index in [1.54, 1.807) is 7.11 Å². The maximum atomic E-state index is 9.68. The molecule has 2 N–H and O–H groups in total. The normalized spacial score (nSPS) is 24.4. The van der Waals surface area contributed by atoms with Gasteiger partial charge in [0.2, 0.25) is 5.88 Å². The Morgan fingerprint density at radius 2 is 2.38 bits per heavy atom. The molecule has 4 nitrogen and oxygen atoms in total. The van der Waals surface area contributed by atoms with E-state index in [1.807, 2.05) is 18.2 Å². The molecule has 1 aromatic heterocycles. The number of aromatic nitrogens is 1. The van der Waals surface area contributed by atoms with E-state index < -0.39 is 0 Å². The van der Waals surface area contributed by atoms with Crippen LogP contribution in [-0.2, 0) is 0 Å². The minimum Gasteiger partial charge on any atom is -0.481 e. The molecular weight excluding hydrogens is 204 g/mol. The topological polar surface area (TPSA) is 54.4 Å². The van der Waals surface area contributed by atoms with E-state index in [2.05, 4.69) is 10.3 Å². The molecule has 1 aliphatic carbocycles. The van der Waals surface area contributed by atoms with Crippen LogP contribution in [0.25, 0.3) is 0 Å². The number of aliphatic hydroxyl groups is 1. The molecule has 0 aliphatic heterocycles. The first kappa shape index (κ1) is 11.2. The highest BCUT2D eigenvalue weighted by Gasteiger charge is 2.24. The Kier molecular flexibility index (Phi) is 3.62. The monoisotopic (exact) mass is 222 g/mol. The molecule has 0 radical (unpaired) electrons. The molecule has 0 spiro atoms. The van der Waals surface area contributed by atoms with Crippen LogP contribution in [0.2, 0.25) is 0 Å². The fourth-order valence-electron chi connectivity index (χ4n) is 2.12. The van der Waals surface area contributed by atoms with E-state index >= 15 is 0 Å². The van der Waals surface area contributed by atoms with Crippen molar-refractivity contribution in [3.63, 3.8) is 0 Å². The average Bonchev–Trinajstić information content (AvgIpc) is 2.72. The van der Waals surface area contributed by atoms with Gasteiger partial charge in [0.05, 0.1) is 13.2 Å². The van der Waals surface area contributed by atoms with Crippen molar-refractivity contribution in [2.24, 2.45) is 5.92 Å². The van der Waals surface area contributed by atoms with Crippen molar-refractivity contribution in [2.45, 2.75) is 25.4 Å². The number of hydrogen-bond donors (Lipinski definition) is 2. The van der Waals surface area contributed by atoms with Crippen molar-refractivity contribution >= 4 is 5.82 Å². The van der Waals surface area contributed by atoms with Crippen LogP contribution in [0.3, 0.4) is 0 Å². The molecule has 1 fully saturated rings. The van der Waals surface area contributed by atoms with Crippen LogP contribution in [0.4, 0.5) is 5.82 Å². The average molecular weight is 222 g/mol. The minimum absolute atomic E-state index is 0.155. The number of rotatable bonds is 4. The van der Waals surface area contributed by atoms with E-state index in [-0.39, 0.29) is 6.10 Å². The van der Waals surface area contributed by atoms with Crippen molar-refractivity contribution in [3.05, 3.63) is 18.2 Å². The summed E-state index contributed by atoms with van der Waals surface area (Å²) < 4.78 is 5.05. The summed E-state index contributed by atoms with van der Waals surface area (Å²) in [4.78, 5) is 4.26. The van der Waals surface area contributed by atoms with Crippen molar-refractivity contribution in [1.29, 1.82) is 0 Å². The third-order valence-corrected chi connectivity index (χ3v) is 3.10. The lowest BCUT2D eigenvalue weighted by Gasteiger charge is -2.15. The van der Waals surface area contributed by atoms with Crippen LogP contribution in [0.1, 0.15) is 19.3 Å². The number of ether oxygens (including phenoxy) is 1. The Morgan fingerprint density at radius 1 is 1.50 bits per heavy atom. The van der Waals surface area contributed by atoms with Crippen LogP contribution in [-0.4, -0.2) is 29.8 Å². The highest BCUT2D eigenvalue weighted by atomic mass is 16.5. The number of nitrogens with one attached hydrogen (secondary N) is 1. The van der Waals surface area contributed by atoms with Crippen LogP contribution in [0.15, 0.2) is 18.2 Å². The Bertz CT molecular complexity index is 344. The molecule has 2 unspecified atom stereocenters.